The summed E-state index contributed by atoms with van der Waals surface area (Å²) in [5, 5.41) is 0. The Morgan fingerprint density at radius 2 is 2.20 bits per heavy atom. The minimum atomic E-state index is 0. The Morgan fingerprint density at radius 1 is 1.50 bits per heavy atom. The molecule has 0 aliphatic rings. The van der Waals surface area contributed by atoms with E-state index in [0.717, 1.165) is 6.42 Å². The van der Waals surface area contributed by atoms with Crippen molar-refractivity contribution in [2.75, 3.05) is 0 Å². The summed E-state index contributed by atoms with van der Waals surface area (Å²) in [4.78, 5) is 0. The third-order valence-electron chi connectivity index (χ3n) is 1.41. The van der Waals surface area contributed by atoms with Crippen molar-refractivity contribution in [2.24, 2.45) is 7.05 Å². The van der Waals surface area contributed by atoms with Gasteiger partial charge in [-0.05, 0) is 12.5 Å². The highest BCUT2D eigenvalue weighted by Gasteiger charge is 1.91. The number of halogens is 1. The van der Waals surface area contributed by atoms with Gasteiger partial charge in [0.15, 0.2) is 12.4 Å². The van der Waals surface area contributed by atoms with Crippen LogP contribution in [-0.2, 0) is 13.5 Å². The number of aromatic nitrogens is 1. The molecule has 0 N–H and O–H groups in total. The molecule has 0 aliphatic carbocycles. The lowest BCUT2D eigenvalue weighted by Crippen LogP contribution is -3.00. The average molecular weight is 249 g/mol. The monoisotopic (exact) mass is 249 g/mol. The second kappa shape index (κ2) is 4.66. The maximum atomic E-state index is 2.16. The lowest BCUT2D eigenvalue weighted by molar-refractivity contribution is -0.671. The van der Waals surface area contributed by atoms with Gasteiger partial charge in [0.05, 0.1) is 0 Å². The van der Waals surface area contributed by atoms with Gasteiger partial charge >= 0.3 is 0 Å². The maximum Gasteiger partial charge on any atom is 0.171 e. The van der Waals surface area contributed by atoms with E-state index in [1.807, 2.05) is 13.2 Å². The zero-order valence-electron chi connectivity index (χ0n) is 6.34. The van der Waals surface area contributed by atoms with Gasteiger partial charge in [0, 0.05) is 11.6 Å². The molecule has 0 atom stereocenters. The van der Waals surface area contributed by atoms with Gasteiger partial charge < -0.3 is 24.0 Å². The van der Waals surface area contributed by atoms with Crippen LogP contribution in [0.4, 0.5) is 0 Å². The molecule has 1 aromatic heterocycles. The highest BCUT2D eigenvalue weighted by molar-refractivity contribution is 5.04. The van der Waals surface area contributed by atoms with Crippen LogP contribution in [0.1, 0.15) is 12.5 Å². The van der Waals surface area contributed by atoms with Crippen molar-refractivity contribution in [2.45, 2.75) is 13.3 Å². The molecule has 1 rings (SSSR count). The van der Waals surface area contributed by atoms with Gasteiger partial charge in [-0.25, -0.2) is 4.57 Å². The number of hydrogen-bond acceptors (Lipinski definition) is 0. The van der Waals surface area contributed by atoms with E-state index in [0.29, 0.717) is 0 Å². The predicted octanol–water partition coefficient (Wildman–Crippen LogP) is -1.92. The number of rotatable bonds is 1. The summed E-state index contributed by atoms with van der Waals surface area (Å²) in [5.74, 6) is 0. The fourth-order valence-corrected chi connectivity index (χ4v) is 0.859. The van der Waals surface area contributed by atoms with Crippen LogP contribution in [0.5, 0.6) is 0 Å². The molecule has 0 bridgehead atoms. The molecule has 0 radical (unpaired) electrons. The Hall–Kier alpha value is -0.120. The smallest absolute Gasteiger partial charge is 0.171 e. The van der Waals surface area contributed by atoms with E-state index in [2.05, 4.69) is 29.8 Å². The van der Waals surface area contributed by atoms with E-state index in [1.165, 1.54) is 5.56 Å². The maximum absolute atomic E-state index is 2.16. The molecular weight excluding hydrogens is 237 g/mol. The van der Waals surface area contributed by atoms with Crippen LogP contribution >= 0.6 is 0 Å². The normalized spacial score (nSPS) is 8.60. The zero-order chi connectivity index (χ0) is 6.69. The first-order chi connectivity index (χ1) is 4.33. The standard InChI is InChI=1S/C8H12N.HI/c1-3-8-5-4-6-9(2)7-8;/h4-7H,3H2,1-2H3;1H/q+1;/p-1. The number of nitrogens with zero attached hydrogens (tertiary/aromatic N) is 1. The lowest BCUT2D eigenvalue weighted by atomic mass is 10.2. The van der Waals surface area contributed by atoms with Gasteiger partial charge in [-0.3, -0.25) is 0 Å². The average Bonchev–Trinajstić information content (AvgIpc) is 1.88. The first-order valence-corrected chi connectivity index (χ1v) is 3.27. The third-order valence-corrected chi connectivity index (χ3v) is 1.41. The molecule has 0 unspecified atom stereocenters. The summed E-state index contributed by atoms with van der Waals surface area (Å²) in [5.41, 5.74) is 1.39. The van der Waals surface area contributed by atoms with Gasteiger partial charge in [0.2, 0.25) is 0 Å². The lowest BCUT2D eigenvalue weighted by Gasteiger charge is -1.90. The molecule has 1 heterocycles. The molecule has 0 aliphatic heterocycles. The van der Waals surface area contributed by atoms with E-state index in [9.17, 15) is 0 Å². The molecule has 1 nitrogen and oxygen atoms in total. The van der Waals surface area contributed by atoms with Crippen LogP contribution < -0.4 is 28.5 Å². The summed E-state index contributed by atoms with van der Waals surface area (Å²) in [6.45, 7) is 2.16. The van der Waals surface area contributed by atoms with Crippen LogP contribution in [0.3, 0.4) is 0 Å². The van der Waals surface area contributed by atoms with Gasteiger partial charge in [-0.2, -0.15) is 0 Å². The van der Waals surface area contributed by atoms with Crippen LogP contribution in [0.25, 0.3) is 0 Å². The highest BCUT2D eigenvalue weighted by Crippen LogP contribution is 1.92. The van der Waals surface area contributed by atoms with Crippen LogP contribution in [-0.4, -0.2) is 0 Å². The van der Waals surface area contributed by atoms with Crippen LogP contribution in [0, 0.1) is 0 Å². The molecule has 10 heavy (non-hydrogen) atoms. The first-order valence-electron chi connectivity index (χ1n) is 3.27. The summed E-state index contributed by atoms with van der Waals surface area (Å²) in [7, 11) is 2.04. The summed E-state index contributed by atoms with van der Waals surface area (Å²) in [6, 6.07) is 4.21. The minimum Gasteiger partial charge on any atom is -1.00 e. The molecule has 0 saturated carbocycles. The third kappa shape index (κ3) is 2.64. The molecular formula is C8H12IN. The molecule has 2 heteroatoms. The van der Waals surface area contributed by atoms with Crippen molar-refractivity contribution in [3.63, 3.8) is 0 Å². The minimum absolute atomic E-state index is 0. The molecule has 0 amide bonds. The molecule has 1 aromatic rings. The van der Waals surface area contributed by atoms with E-state index < -0.39 is 0 Å². The Labute approximate surface area is 79.1 Å². The quantitative estimate of drug-likeness (QED) is 0.403. The van der Waals surface area contributed by atoms with Crippen molar-refractivity contribution >= 4 is 0 Å². The number of aryl methyl sites for hydroxylation is 2. The van der Waals surface area contributed by atoms with E-state index in [-0.39, 0.29) is 24.0 Å². The summed E-state index contributed by atoms with van der Waals surface area (Å²) in [6.07, 6.45) is 5.30. The summed E-state index contributed by atoms with van der Waals surface area (Å²) >= 11 is 0. The van der Waals surface area contributed by atoms with Crippen LogP contribution in [0.2, 0.25) is 0 Å². The Bertz CT molecular complexity index is 198. The second-order valence-corrected chi connectivity index (χ2v) is 2.23. The van der Waals surface area contributed by atoms with Gasteiger partial charge in [0.25, 0.3) is 0 Å². The van der Waals surface area contributed by atoms with E-state index >= 15 is 0 Å². The van der Waals surface area contributed by atoms with Crippen molar-refractivity contribution < 1.29 is 28.5 Å². The Morgan fingerprint density at radius 3 is 2.60 bits per heavy atom. The molecule has 0 saturated heterocycles. The van der Waals surface area contributed by atoms with Crippen molar-refractivity contribution in [1.82, 2.24) is 0 Å². The first kappa shape index (κ1) is 9.88. The van der Waals surface area contributed by atoms with Crippen LogP contribution in [0.15, 0.2) is 24.5 Å². The van der Waals surface area contributed by atoms with Crippen molar-refractivity contribution in [3.8, 4) is 0 Å². The predicted molar refractivity (Wildman–Crippen MR) is 37.0 cm³/mol. The van der Waals surface area contributed by atoms with Gasteiger partial charge in [0.1, 0.15) is 7.05 Å². The largest absolute Gasteiger partial charge is 1.00 e. The molecule has 0 spiro atoms. The highest BCUT2D eigenvalue weighted by atomic mass is 127. The van der Waals surface area contributed by atoms with E-state index in [1.54, 1.807) is 0 Å². The van der Waals surface area contributed by atoms with Crippen molar-refractivity contribution in [1.29, 1.82) is 0 Å². The Kier molecular flexibility index (Phi) is 4.60. The number of hydrogen-bond donors (Lipinski definition) is 0. The zero-order valence-corrected chi connectivity index (χ0v) is 8.50. The fraction of sp³-hybridized carbons (Fsp3) is 0.375. The van der Waals surface area contributed by atoms with Gasteiger partial charge in [-0.15, -0.1) is 0 Å². The SMILES string of the molecule is CCc1ccc[n+](C)c1.[I-]. The number of pyridine rings is 1. The topological polar surface area (TPSA) is 3.88 Å². The Balaban J connectivity index is 0.000000810. The second-order valence-electron chi connectivity index (χ2n) is 2.23. The van der Waals surface area contributed by atoms with E-state index in [4.69, 9.17) is 0 Å². The summed E-state index contributed by atoms with van der Waals surface area (Å²) < 4.78 is 2.07. The molecule has 56 valence electrons. The fourth-order valence-electron chi connectivity index (χ4n) is 0.859. The van der Waals surface area contributed by atoms with Crippen molar-refractivity contribution in [3.05, 3.63) is 30.1 Å². The molecule has 0 aromatic carbocycles. The molecule has 0 fully saturated rings. The van der Waals surface area contributed by atoms with Gasteiger partial charge in [-0.1, -0.05) is 6.92 Å².